The maximum Gasteiger partial charge on any atom is 0.274 e. The molecule has 134 valence electrons. The van der Waals surface area contributed by atoms with E-state index in [4.69, 9.17) is 0 Å². The molecule has 7 nitrogen and oxygen atoms in total. The van der Waals surface area contributed by atoms with Crippen LogP contribution in [0.3, 0.4) is 0 Å². The number of hydrogen-bond donors (Lipinski definition) is 2. The molecular formula is C19H21N5O2. The van der Waals surface area contributed by atoms with Gasteiger partial charge in [-0.25, -0.2) is 0 Å². The lowest BCUT2D eigenvalue weighted by Gasteiger charge is -2.09. The molecule has 0 fully saturated rings. The number of aromatic amines is 1. The van der Waals surface area contributed by atoms with Crippen LogP contribution in [0, 0.1) is 6.92 Å². The average molecular weight is 351 g/mol. The summed E-state index contributed by atoms with van der Waals surface area (Å²) in [4.78, 5) is 31.5. The topological polar surface area (TPSA) is 92.7 Å². The fraction of sp³-hybridized carbons (Fsp3) is 0.263. The first-order valence-electron chi connectivity index (χ1n) is 8.57. The molecule has 0 saturated carbocycles. The van der Waals surface area contributed by atoms with E-state index in [9.17, 15) is 9.59 Å². The number of carbonyl (C=O) groups is 1. The first-order chi connectivity index (χ1) is 12.5. The Morgan fingerprint density at radius 3 is 2.73 bits per heavy atom. The molecule has 0 unspecified atom stereocenters. The molecule has 0 aliphatic carbocycles. The van der Waals surface area contributed by atoms with Gasteiger partial charge in [-0.05, 0) is 37.5 Å². The van der Waals surface area contributed by atoms with Crippen LogP contribution in [0.25, 0.3) is 5.95 Å². The number of hydrogen-bond acceptors (Lipinski definition) is 4. The molecule has 2 aromatic heterocycles. The summed E-state index contributed by atoms with van der Waals surface area (Å²) in [6.07, 6.45) is 1.52. The van der Waals surface area contributed by atoms with Gasteiger partial charge in [-0.15, -0.1) is 0 Å². The van der Waals surface area contributed by atoms with Crippen molar-refractivity contribution < 1.29 is 4.79 Å². The molecule has 1 aromatic carbocycles. The minimum Gasteiger partial charge on any atom is -0.328 e. The fourth-order valence-electron chi connectivity index (χ4n) is 2.66. The lowest BCUT2D eigenvalue weighted by molar-refractivity contribution is 0.102. The number of anilines is 1. The predicted molar refractivity (Wildman–Crippen MR) is 99.9 cm³/mol. The van der Waals surface area contributed by atoms with Gasteiger partial charge in [0.1, 0.15) is 5.82 Å². The number of amides is 1. The SMILES string of the molecule is CCc1cccc(C(=O)Nc2cc(C)nn2-c2nc(=O)cc(CC)[nH]2)c1. The van der Waals surface area contributed by atoms with Gasteiger partial charge in [0, 0.05) is 23.4 Å². The van der Waals surface area contributed by atoms with Gasteiger partial charge in [0.25, 0.3) is 11.5 Å². The summed E-state index contributed by atoms with van der Waals surface area (Å²) >= 11 is 0. The first-order valence-corrected chi connectivity index (χ1v) is 8.57. The van der Waals surface area contributed by atoms with Crippen molar-refractivity contribution in [2.45, 2.75) is 33.6 Å². The third-order valence-electron chi connectivity index (χ3n) is 4.04. The van der Waals surface area contributed by atoms with E-state index in [1.165, 1.54) is 10.7 Å². The molecule has 3 rings (SSSR count). The van der Waals surface area contributed by atoms with Crippen LogP contribution >= 0.6 is 0 Å². The van der Waals surface area contributed by atoms with E-state index < -0.39 is 0 Å². The normalized spacial score (nSPS) is 10.7. The number of aryl methyl sites for hydroxylation is 3. The van der Waals surface area contributed by atoms with Crippen molar-refractivity contribution in [3.05, 3.63) is 69.3 Å². The van der Waals surface area contributed by atoms with Crippen LogP contribution in [0.2, 0.25) is 0 Å². The Morgan fingerprint density at radius 1 is 1.19 bits per heavy atom. The monoisotopic (exact) mass is 351 g/mol. The van der Waals surface area contributed by atoms with Crippen molar-refractivity contribution in [2.75, 3.05) is 5.32 Å². The van der Waals surface area contributed by atoms with Crippen molar-refractivity contribution in [1.29, 1.82) is 0 Å². The number of rotatable bonds is 5. The quantitative estimate of drug-likeness (QED) is 0.739. The lowest BCUT2D eigenvalue weighted by Crippen LogP contribution is -2.19. The van der Waals surface area contributed by atoms with Crippen molar-refractivity contribution in [1.82, 2.24) is 19.7 Å². The molecule has 1 amide bonds. The summed E-state index contributed by atoms with van der Waals surface area (Å²) in [5, 5.41) is 7.20. The molecule has 0 atom stereocenters. The van der Waals surface area contributed by atoms with E-state index in [2.05, 4.69) is 20.4 Å². The Balaban J connectivity index is 1.96. The van der Waals surface area contributed by atoms with E-state index in [0.29, 0.717) is 23.5 Å². The zero-order chi connectivity index (χ0) is 18.7. The molecule has 0 saturated heterocycles. The molecule has 26 heavy (non-hydrogen) atoms. The highest BCUT2D eigenvalue weighted by Crippen LogP contribution is 2.16. The van der Waals surface area contributed by atoms with Gasteiger partial charge in [0.05, 0.1) is 5.69 Å². The number of benzene rings is 1. The Bertz CT molecular complexity index is 1000. The van der Waals surface area contributed by atoms with Crippen LogP contribution in [0.4, 0.5) is 5.82 Å². The molecule has 0 spiro atoms. The van der Waals surface area contributed by atoms with Gasteiger partial charge in [-0.1, -0.05) is 26.0 Å². The Kier molecular flexibility index (Phi) is 4.97. The number of nitrogens with one attached hydrogen (secondary N) is 2. The van der Waals surface area contributed by atoms with Gasteiger partial charge in [0.15, 0.2) is 0 Å². The van der Waals surface area contributed by atoms with Gasteiger partial charge >= 0.3 is 0 Å². The number of aromatic nitrogens is 4. The maximum atomic E-state index is 12.6. The Morgan fingerprint density at radius 2 is 2.00 bits per heavy atom. The first kappa shape index (κ1) is 17.6. The summed E-state index contributed by atoms with van der Waals surface area (Å²) in [5.41, 5.74) is 2.76. The van der Waals surface area contributed by atoms with Crippen molar-refractivity contribution in [3.63, 3.8) is 0 Å². The van der Waals surface area contributed by atoms with Crippen LogP contribution in [0.1, 0.15) is 41.2 Å². The summed E-state index contributed by atoms with van der Waals surface area (Å²) in [7, 11) is 0. The van der Waals surface area contributed by atoms with Crippen molar-refractivity contribution in [3.8, 4) is 5.95 Å². The number of H-pyrrole nitrogens is 1. The molecule has 3 aromatic rings. The molecule has 7 heteroatoms. The summed E-state index contributed by atoms with van der Waals surface area (Å²) in [6, 6.07) is 10.7. The van der Waals surface area contributed by atoms with E-state index in [0.717, 1.165) is 17.7 Å². The second kappa shape index (κ2) is 7.35. The van der Waals surface area contributed by atoms with E-state index in [1.54, 1.807) is 12.1 Å². The molecule has 0 radical (unpaired) electrons. The fourth-order valence-corrected chi connectivity index (χ4v) is 2.66. The zero-order valence-electron chi connectivity index (χ0n) is 15.0. The third kappa shape index (κ3) is 3.72. The van der Waals surface area contributed by atoms with Gasteiger partial charge < -0.3 is 10.3 Å². The predicted octanol–water partition coefficient (Wildman–Crippen LogP) is 2.64. The number of nitrogens with zero attached hydrogens (tertiary/aromatic N) is 3. The lowest BCUT2D eigenvalue weighted by atomic mass is 10.1. The summed E-state index contributed by atoms with van der Waals surface area (Å²) in [5.74, 6) is 0.487. The summed E-state index contributed by atoms with van der Waals surface area (Å²) in [6.45, 7) is 5.79. The highest BCUT2D eigenvalue weighted by molar-refractivity contribution is 6.04. The highest BCUT2D eigenvalue weighted by atomic mass is 16.1. The average Bonchev–Trinajstić information content (AvgIpc) is 3.01. The van der Waals surface area contributed by atoms with E-state index in [1.807, 2.05) is 39.0 Å². The minimum absolute atomic E-state index is 0.240. The summed E-state index contributed by atoms with van der Waals surface area (Å²) < 4.78 is 1.44. The van der Waals surface area contributed by atoms with Gasteiger partial charge in [-0.2, -0.15) is 14.8 Å². The van der Waals surface area contributed by atoms with Crippen LogP contribution in [0.15, 0.2) is 41.2 Å². The van der Waals surface area contributed by atoms with Gasteiger partial charge in [-0.3, -0.25) is 9.59 Å². The molecule has 2 N–H and O–H groups in total. The van der Waals surface area contributed by atoms with E-state index >= 15 is 0 Å². The highest BCUT2D eigenvalue weighted by Gasteiger charge is 2.14. The van der Waals surface area contributed by atoms with Crippen LogP contribution in [0.5, 0.6) is 0 Å². The van der Waals surface area contributed by atoms with Crippen molar-refractivity contribution >= 4 is 11.7 Å². The standard InChI is InChI=1S/C19H21N5O2/c1-4-13-7-6-8-14(10-13)18(26)21-16-9-12(3)23-24(16)19-20-15(5-2)11-17(25)22-19/h6-11H,4-5H2,1-3H3,(H,21,26)(H,20,22,25). The molecule has 0 bridgehead atoms. The minimum atomic E-state index is -0.350. The van der Waals surface area contributed by atoms with Gasteiger partial charge in [0.2, 0.25) is 5.95 Å². The molecule has 2 heterocycles. The second-order valence-corrected chi connectivity index (χ2v) is 6.01. The smallest absolute Gasteiger partial charge is 0.274 e. The van der Waals surface area contributed by atoms with Crippen LogP contribution in [-0.2, 0) is 12.8 Å². The molecule has 0 aliphatic rings. The number of carbonyl (C=O) groups excluding carboxylic acids is 1. The van der Waals surface area contributed by atoms with Crippen LogP contribution < -0.4 is 10.9 Å². The Hall–Kier alpha value is -3.22. The molecule has 0 aliphatic heterocycles. The largest absolute Gasteiger partial charge is 0.328 e. The van der Waals surface area contributed by atoms with Crippen LogP contribution in [-0.4, -0.2) is 25.7 Å². The second-order valence-electron chi connectivity index (χ2n) is 6.01. The van der Waals surface area contributed by atoms with Crippen molar-refractivity contribution in [2.24, 2.45) is 0 Å². The zero-order valence-corrected chi connectivity index (χ0v) is 15.0. The molecular weight excluding hydrogens is 330 g/mol. The third-order valence-corrected chi connectivity index (χ3v) is 4.04. The Labute approximate surface area is 151 Å². The van der Waals surface area contributed by atoms with E-state index in [-0.39, 0.29) is 17.4 Å². The maximum absolute atomic E-state index is 12.6.